The first kappa shape index (κ1) is 17.4. The quantitative estimate of drug-likeness (QED) is 0.839. The smallest absolute Gasteiger partial charge is 0.0439 e. The summed E-state index contributed by atoms with van der Waals surface area (Å²) in [4.78, 5) is 2.47. The van der Waals surface area contributed by atoms with Gasteiger partial charge in [0, 0.05) is 40.2 Å². The van der Waals surface area contributed by atoms with Crippen molar-refractivity contribution in [1.29, 1.82) is 0 Å². The van der Waals surface area contributed by atoms with E-state index in [2.05, 4.69) is 24.2 Å². The summed E-state index contributed by atoms with van der Waals surface area (Å²) in [5.41, 5.74) is 1.14. The molecular weight excluding hydrogens is 323 g/mol. The molecule has 1 aromatic carbocycles. The third kappa shape index (κ3) is 5.04. The first-order valence-electron chi connectivity index (χ1n) is 7.57. The van der Waals surface area contributed by atoms with Crippen LogP contribution in [0.25, 0.3) is 0 Å². The maximum absolute atomic E-state index is 6.34. The van der Waals surface area contributed by atoms with Gasteiger partial charge in [-0.25, -0.2) is 0 Å². The molecule has 1 N–H and O–H groups in total. The predicted octanol–water partition coefficient (Wildman–Crippen LogP) is 3.95. The number of benzene rings is 1. The average molecular weight is 347 g/mol. The van der Waals surface area contributed by atoms with E-state index in [1.165, 1.54) is 11.5 Å². The standard InChI is InChI=1S/C16H24Cl2N2S/c1-3-6-19-15(16-11-21-8-7-20(16)2)10-12-9-13(17)4-5-14(12)18/h4-5,9,15-16,19H,3,6-8,10-11H2,1-2H3. The molecule has 1 aromatic rings. The van der Waals surface area contributed by atoms with E-state index in [0.29, 0.717) is 12.1 Å². The second-order valence-electron chi connectivity index (χ2n) is 5.62. The van der Waals surface area contributed by atoms with Crippen molar-refractivity contribution in [2.75, 3.05) is 31.6 Å². The van der Waals surface area contributed by atoms with Crippen molar-refractivity contribution in [3.63, 3.8) is 0 Å². The number of hydrogen-bond acceptors (Lipinski definition) is 3. The maximum Gasteiger partial charge on any atom is 0.0439 e. The highest BCUT2D eigenvalue weighted by atomic mass is 35.5. The Bertz CT molecular complexity index is 456. The largest absolute Gasteiger partial charge is 0.312 e. The predicted molar refractivity (Wildman–Crippen MR) is 96.0 cm³/mol. The van der Waals surface area contributed by atoms with Crippen molar-refractivity contribution >= 4 is 35.0 Å². The lowest BCUT2D eigenvalue weighted by molar-refractivity contribution is 0.213. The van der Waals surface area contributed by atoms with Gasteiger partial charge in [0.1, 0.15) is 0 Å². The molecular formula is C16H24Cl2N2S. The molecule has 0 amide bonds. The normalized spacial score (nSPS) is 21.4. The fourth-order valence-electron chi connectivity index (χ4n) is 2.74. The fraction of sp³-hybridized carbons (Fsp3) is 0.625. The molecule has 1 aliphatic rings. The molecule has 118 valence electrons. The van der Waals surface area contributed by atoms with E-state index in [0.717, 1.165) is 41.5 Å². The van der Waals surface area contributed by atoms with Gasteiger partial charge < -0.3 is 10.2 Å². The van der Waals surface area contributed by atoms with Crippen LogP contribution in [-0.4, -0.2) is 48.6 Å². The van der Waals surface area contributed by atoms with E-state index in [-0.39, 0.29) is 0 Å². The van der Waals surface area contributed by atoms with E-state index >= 15 is 0 Å². The van der Waals surface area contributed by atoms with Crippen LogP contribution in [0.4, 0.5) is 0 Å². The number of nitrogens with zero attached hydrogens (tertiary/aromatic N) is 1. The van der Waals surface area contributed by atoms with Gasteiger partial charge in [0.2, 0.25) is 0 Å². The highest BCUT2D eigenvalue weighted by molar-refractivity contribution is 7.99. The van der Waals surface area contributed by atoms with Crippen LogP contribution >= 0.6 is 35.0 Å². The fourth-order valence-corrected chi connectivity index (χ4v) is 4.44. The average Bonchev–Trinajstić information content (AvgIpc) is 2.48. The molecule has 2 rings (SSSR count). The molecule has 2 unspecified atom stereocenters. The molecule has 0 aliphatic carbocycles. The summed E-state index contributed by atoms with van der Waals surface area (Å²) >= 11 is 14.5. The van der Waals surface area contributed by atoms with Gasteiger partial charge in [-0.3, -0.25) is 0 Å². The molecule has 1 saturated heterocycles. The Balaban J connectivity index is 2.13. The van der Waals surface area contributed by atoms with E-state index in [1.807, 2.05) is 30.0 Å². The minimum Gasteiger partial charge on any atom is -0.312 e. The summed E-state index contributed by atoms with van der Waals surface area (Å²) in [6, 6.07) is 6.71. The Hall–Kier alpha value is 0.0700. The van der Waals surface area contributed by atoms with Crippen LogP contribution in [0.5, 0.6) is 0 Å². The molecule has 1 fully saturated rings. The van der Waals surface area contributed by atoms with E-state index in [4.69, 9.17) is 23.2 Å². The number of thioether (sulfide) groups is 1. The summed E-state index contributed by atoms with van der Waals surface area (Å²) in [5, 5.41) is 5.28. The number of likely N-dealkylation sites (N-methyl/N-ethyl adjacent to an activating group) is 1. The molecule has 2 nitrogen and oxygen atoms in total. The Kier molecular flexibility index (Phi) is 7.17. The van der Waals surface area contributed by atoms with Gasteiger partial charge >= 0.3 is 0 Å². The van der Waals surface area contributed by atoms with Crippen LogP contribution in [0.1, 0.15) is 18.9 Å². The SMILES string of the molecule is CCCNC(Cc1cc(Cl)ccc1Cl)C1CSCCN1C. The summed E-state index contributed by atoms with van der Waals surface area (Å²) in [7, 11) is 2.23. The summed E-state index contributed by atoms with van der Waals surface area (Å²) in [6.07, 6.45) is 2.07. The van der Waals surface area contributed by atoms with Crippen molar-refractivity contribution in [3.8, 4) is 0 Å². The summed E-state index contributed by atoms with van der Waals surface area (Å²) in [6.45, 7) is 4.40. The van der Waals surface area contributed by atoms with Crippen LogP contribution < -0.4 is 5.32 Å². The lowest BCUT2D eigenvalue weighted by Gasteiger charge is -2.38. The van der Waals surface area contributed by atoms with Crippen molar-refractivity contribution in [1.82, 2.24) is 10.2 Å². The number of rotatable bonds is 6. The van der Waals surface area contributed by atoms with Gasteiger partial charge in [-0.2, -0.15) is 11.8 Å². The summed E-state index contributed by atoms with van der Waals surface area (Å²) in [5.74, 6) is 2.40. The molecule has 21 heavy (non-hydrogen) atoms. The zero-order valence-corrected chi connectivity index (χ0v) is 15.1. The zero-order chi connectivity index (χ0) is 15.2. The van der Waals surface area contributed by atoms with Gasteiger partial charge in [0.25, 0.3) is 0 Å². The van der Waals surface area contributed by atoms with Crippen LogP contribution in [0, 0.1) is 0 Å². The maximum atomic E-state index is 6.34. The second-order valence-corrected chi connectivity index (χ2v) is 7.62. The van der Waals surface area contributed by atoms with Gasteiger partial charge in [-0.15, -0.1) is 0 Å². The first-order valence-corrected chi connectivity index (χ1v) is 9.48. The van der Waals surface area contributed by atoms with Crippen molar-refractivity contribution in [2.24, 2.45) is 0 Å². The minimum atomic E-state index is 0.415. The third-order valence-electron chi connectivity index (χ3n) is 4.01. The minimum absolute atomic E-state index is 0.415. The molecule has 0 radical (unpaired) electrons. The van der Waals surface area contributed by atoms with Crippen molar-refractivity contribution in [3.05, 3.63) is 33.8 Å². The summed E-state index contributed by atoms with van der Waals surface area (Å²) < 4.78 is 0. The molecule has 0 saturated carbocycles. The highest BCUT2D eigenvalue weighted by Gasteiger charge is 2.28. The van der Waals surface area contributed by atoms with Crippen LogP contribution in [0.2, 0.25) is 10.0 Å². The molecule has 0 aromatic heterocycles. The lowest BCUT2D eigenvalue weighted by Crippen LogP contribution is -2.53. The van der Waals surface area contributed by atoms with Crippen LogP contribution in [0.15, 0.2) is 18.2 Å². The first-order chi connectivity index (χ1) is 10.1. The molecule has 0 bridgehead atoms. The number of nitrogens with one attached hydrogen (secondary N) is 1. The Labute approximate surface area is 142 Å². The van der Waals surface area contributed by atoms with E-state index in [9.17, 15) is 0 Å². The van der Waals surface area contributed by atoms with Crippen LogP contribution in [0.3, 0.4) is 0 Å². The van der Waals surface area contributed by atoms with E-state index < -0.39 is 0 Å². The number of halogens is 2. The van der Waals surface area contributed by atoms with Gasteiger partial charge in [-0.1, -0.05) is 30.1 Å². The van der Waals surface area contributed by atoms with E-state index in [1.54, 1.807) is 0 Å². The third-order valence-corrected chi connectivity index (χ3v) is 5.66. The van der Waals surface area contributed by atoms with Gasteiger partial charge in [-0.05, 0) is 50.2 Å². The molecule has 5 heteroatoms. The Morgan fingerprint density at radius 2 is 2.24 bits per heavy atom. The van der Waals surface area contributed by atoms with Gasteiger partial charge in [0.15, 0.2) is 0 Å². The lowest BCUT2D eigenvalue weighted by atomic mass is 9.99. The highest BCUT2D eigenvalue weighted by Crippen LogP contribution is 2.25. The molecule has 1 aliphatic heterocycles. The Morgan fingerprint density at radius 3 is 2.95 bits per heavy atom. The monoisotopic (exact) mass is 346 g/mol. The Morgan fingerprint density at radius 1 is 1.43 bits per heavy atom. The van der Waals surface area contributed by atoms with Crippen molar-refractivity contribution < 1.29 is 0 Å². The molecule has 0 spiro atoms. The van der Waals surface area contributed by atoms with Crippen LogP contribution in [-0.2, 0) is 6.42 Å². The second kappa shape index (κ2) is 8.64. The number of hydrogen-bond donors (Lipinski definition) is 1. The molecule has 2 atom stereocenters. The molecule has 1 heterocycles. The zero-order valence-electron chi connectivity index (χ0n) is 12.7. The van der Waals surface area contributed by atoms with Crippen molar-refractivity contribution in [2.45, 2.75) is 31.8 Å². The topological polar surface area (TPSA) is 15.3 Å². The van der Waals surface area contributed by atoms with Gasteiger partial charge in [0.05, 0.1) is 0 Å².